The molecule has 0 N–H and O–H groups in total. The number of hydrogen-bond acceptors (Lipinski definition) is 3. The second-order valence-electron chi connectivity index (χ2n) is 5.97. The maximum absolute atomic E-state index is 11.9. The lowest BCUT2D eigenvalue weighted by Gasteiger charge is -2.35. The van der Waals surface area contributed by atoms with Gasteiger partial charge >= 0.3 is 0 Å². The lowest BCUT2D eigenvalue weighted by atomic mass is 9.93. The molecule has 112 valence electrons. The highest BCUT2D eigenvalue weighted by molar-refractivity contribution is 6.52. The van der Waals surface area contributed by atoms with Gasteiger partial charge in [0.1, 0.15) is 0 Å². The fourth-order valence-corrected chi connectivity index (χ4v) is 3.59. The Bertz CT molecular complexity index is 576. The summed E-state index contributed by atoms with van der Waals surface area (Å²) < 4.78 is 0. The summed E-state index contributed by atoms with van der Waals surface area (Å²) >= 11 is 0. The standard InChI is InChI=1S/C17H22N2O2/c1-3-19(12-7-5-4-6-8-12)13-9-10-14-15(11-13)18(2)17(21)16(14)20/h9-12H,3-8H2,1-2H3. The topological polar surface area (TPSA) is 40.6 Å². The molecular weight excluding hydrogens is 264 g/mol. The van der Waals surface area contributed by atoms with Crippen LogP contribution in [0.5, 0.6) is 0 Å². The van der Waals surface area contributed by atoms with E-state index in [9.17, 15) is 9.59 Å². The average Bonchev–Trinajstić information content (AvgIpc) is 2.74. The van der Waals surface area contributed by atoms with Crippen molar-refractivity contribution in [2.75, 3.05) is 23.4 Å². The molecule has 0 radical (unpaired) electrons. The monoisotopic (exact) mass is 286 g/mol. The Balaban J connectivity index is 1.92. The van der Waals surface area contributed by atoms with Crippen LogP contribution in [0.2, 0.25) is 0 Å². The summed E-state index contributed by atoms with van der Waals surface area (Å²) in [5.41, 5.74) is 2.40. The van der Waals surface area contributed by atoms with E-state index in [1.165, 1.54) is 37.0 Å². The van der Waals surface area contributed by atoms with E-state index in [-0.39, 0.29) is 5.78 Å². The maximum Gasteiger partial charge on any atom is 0.299 e. The van der Waals surface area contributed by atoms with E-state index < -0.39 is 5.91 Å². The third-order valence-corrected chi connectivity index (χ3v) is 4.77. The molecule has 2 aliphatic rings. The number of Topliss-reactive ketones (excluding diaryl/α,β-unsaturated/α-hetero) is 1. The first-order valence-electron chi connectivity index (χ1n) is 7.86. The number of anilines is 2. The lowest BCUT2D eigenvalue weighted by molar-refractivity contribution is -0.114. The minimum Gasteiger partial charge on any atom is -0.369 e. The van der Waals surface area contributed by atoms with Gasteiger partial charge in [-0.15, -0.1) is 0 Å². The normalized spacial score (nSPS) is 19.0. The summed E-state index contributed by atoms with van der Waals surface area (Å²) in [6.45, 7) is 3.12. The number of rotatable bonds is 3. The molecule has 21 heavy (non-hydrogen) atoms. The van der Waals surface area contributed by atoms with E-state index >= 15 is 0 Å². The van der Waals surface area contributed by atoms with Crippen LogP contribution in [0.15, 0.2) is 18.2 Å². The van der Waals surface area contributed by atoms with Gasteiger partial charge in [0.05, 0.1) is 11.3 Å². The third-order valence-electron chi connectivity index (χ3n) is 4.77. The predicted octanol–water partition coefficient (Wildman–Crippen LogP) is 3.00. The summed E-state index contributed by atoms with van der Waals surface area (Å²) in [5.74, 6) is -0.817. The van der Waals surface area contributed by atoms with E-state index in [0.717, 1.165) is 17.9 Å². The summed E-state index contributed by atoms with van der Waals surface area (Å²) in [5, 5.41) is 0. The zero-order valence-corrected chi connectivity index (χ0v) is 12.8. The summed E-state index contributed by atoms with van der Waals surface area (Å²) in [4.78, 5) is 27.5. The van der Waals surface area contributed by atoms with Crippen molar-refractivity contribution < 1.29 is 9.59 Å². The van der Waals surface area contributed by atoms with Crippen LogP contribution in [0.25, 0.3) is 0 Å². The molecule has 0 saturated heterocycles. The maximum atomic E-state index is 11.9. The second kappa shape index (κ2) is 5.51. The number of likely N-dealkylation sites (N-methyl/N-ethyl adjacent to an activating group) is 1. The number of ketones is 1. The van der Waals surface area contributed by atoms with Crippen molar-refractivity contribution in [3.8, 4) is 0 Å². The minimum atomic E-state index is -0.428. The smallest absolute Gasteiger partial charge is 0.299 e. The van der Waals surface area contributed by atoms with Crippen molar-refractivity contribution >= 4 is 23.1 Å². The van der Waals surface area contributed by atoms with E-state index in [0.29, 0.717) is 11.6 Å². The molecule has 0 bridgehead atoms. The van der Waals surface area contributed by atoms with Gasteiger partial charge in [-0.25, -0.2) is 0 Å². The molecule has 1 aromatic rings. The summed E-state index contributed by atoms with van der Waals surface area (Å²) in [6.07, 6.45) is 6.40. The van der Waals surface area contributed by atoms with Gasteiger partial charge in [-0.3, -0.25) is 9.59 Å². The van der Waals surface area contributed by atoms with Gasteiger partial charge in [0.2, 0.25) is 0 Å². The Morgan fingerprint density at radius 2 is 1.90 bits per heavy atom. The number of carbonyl (C=O) groups is 2. The average molecular weight is 286 g/mol. The summed E-state index contributed by atoms with van der Waals surface area (Å²) in [6, 6.07) is 6.37. The van der Waals surface area contributed by atoms with Crippen molar-refractivity contribution in [3.05, 3.63) is 23.8 Å². The largest absolute Gasteiger partial charge is 0.369 e. The SMILES string of the molecule is CCN(c1ccc2c(c1)N(C)C(=O)C2=O)C1CCCCC1. The van der Waals surface area contributed by atoms with E-state index in [4.69, 9.17) is 0 Å². The molecule has 1 aliphatic carbocycles. The molecule has 3 rings (SSSR count). The van der Waals surface area contributed by atoms with Gasteiger partial charge in [0.25, 0.3) is 11.7 Å². The van der Waals surface area contributed by atoms with Crippen molar-refractivity contribution in [2.24, 2.45) is 0 Å². The van der Waals surface area contributed by atoms with Crippen molar-refractivity contribution in [2.45, 2.75) is 45.1 Å². The molecular formula is C17H22N2O2. The minimum absolute atomic E-state index is 0.389. The zero-order chi connectivity index (χ0) is 15.0. The fourth-order valence-electron chi connectivity index (χ4n) is 3.59. The second-order valence-corrected chi connectivity index (χ2v) is 5.97. The van der Waals surface area contributed by atoms with Gasteiger partial charge in [0.15, 0.2) is 0 Å². The number of benzene rings is 1. The Morgan fingerprint density at radius 1 is 1.19 bits per heavy atom. The van der Waals surface area contributed by atoms with Crippen LogP contribution in [0, 0.1) is 0 Å². The highest BCUT2D eigenvalue weighted by Gasteiger charge is 2.34. The lowest BCUT2D eigenvalue weighted by Crippen LogP contribution is -2.36. The first-order valence-corrected chi connectivity index (χ1v) is 7.86. The van der Waals surface area contributed by atoms with Gasteiger partial charge in [-0.1, -0.05) is 19.3 Å². The molecule has 1 fully saturated rings. The van der Waals surface area contributed by atoms with Crippen molar-refractivity contribution in [3.63, 3.8) is 0 Å². The fraction of sp³-hybridized carbons (Fsp3) is 0.529. The molecule has 1 saturated carbocycles. The Hall–Kier alpha value is -1.84. The van der Waals surface area contributed by atoms with E-state index in [2.05, 4.69) is 11.8 Å². The number of hydrogen-bond donors (Lipinski definition) is 0. The Kier molecular flexibility index (Phi) is 3.70. The number of carbonyl (C=O) groups excluding carboxylic acids is 2. The van der Waals surface area contributed by atoms with Gasteiger partial charge in [-0.05, 0) is 38.0 Å². The molecule has 0 aromatic heterocycles. The van der Waals surface area contributed by atoms with E-state index in [1.54, 1.807) is 13.1 Å². The van der Waals surface area contributed by atoms with E-state index in [1.807, 2.05) is 12.1 Å². The molecule has 0 unspecified atom stereocenters. The van der Waals surface area contributed by atoms with Crippen LogP contribution in [0.3, 0.4) is 0 Å². The predicted molar refractivity (Wildman–Crippen MR) is 84.1 cm³/mol. The molecule has 0 spiro atoms. The molecule has 4 nitrogen and oxygen atoms in total. The molecule has 4 heteroatoms. The summed E-state index contributed by atoms with van der Waals surface area (Å²) in [7, 11) is 1.67. The Labute approximate surface area is 125 Å². The first-order chi connectivity index (χ1) is 10.1. The number of amides is 1. The molecule has 0 atom stereocenters. The highest BCUT2D eigenvalue weighted by Crippen LogP contribution is 2.34. The van der Waals surface area contributed by atoms with Gasteiger partial charge in [0, 0.05) is 25.3 Å². The molecule has 1 heterocycles. The Morgan fingerprint density at radius 3 is 2.57 bits per heavy atom. The third kappa shape index (κ3) is 2.33. The van der Waals surface area contributed by atoms with Gasteiger partial charge < -0.3 is 9.80 Å². The van der Waals surface area contributed by atoms with Crippen LogP contribution < -0.4 is 9.80 Å². The number of nitrogens with zero attached hydrogens (tertiary/aromatic N) is 2. The molecule has 1 aromatic carbocycles. The highest BCUT2D eigenvalue weighted by atomic mass is 16.2. The van der Waals surface area contributed by atoms with Crippen LogP contribution in [0.4, 0.5) is 11.4 Å². The van der Waals surface area contributed by atoms with Crippen LogP contribution in [0.1, 0.15) is 49.4 Å². The number of fused-ring (bicyclic) bond motifs is 1. The van der Waals surface area contributed by atoms with Gasteiger partial charge in [-0.2, -0.15) is 0 Å². The zero-order valence-electron chi connectivity index (χ0n) is 12.8. The molecule has 1 aliphatic heterocycles. The van der Waals surface area contributed by atoms with Crippen molar-refractivity contribution in [1.82, 2.24) is 0 Å². The van der Waals surface area contributed by atoms with Crippen LogP contribution in [-0.2, 0) is 4.79 Å². The van der Waals surface area contributed by atoms with Crippen LogP contribution in [-0.4, -0.2) is 31.3 Å². The van der Waals surface area contributed by atoms with Crippen molar-refractivity contribution in [1.29, 1.82) is 0 Å². The van der Waals surface area contributed by atoms with Crippen LogP contribution >= 0.6 is 0 Å². The first kappa shape index (κ1) is 14.1. The molecule has 1 amide bonds. The quantitative estimate of drug-likeness (QED) is 0.802.